The molecule has 0 saturated carbocycles. The maximum absolute atomic E-state index is 13.3. The molecule has 0 aliphatic heterocycles. The first-order chi connectivity index (χ1) is 13.9. The first-order valence-corrected chi connectivity index (χ1v) is 8.91. The normalized spacial score (nSPS) is 11.4. The second-order valence-corrected chi connectivity index (χ2v) is 6.39. The van der Waals surface area contributed by atoms with Crippen molar-refractivity contribution >= 4 is 23.3 Å². The number of urea groups is 1. The minimum atomic E-state index is -0.971. The number of hydrogen-bond donors (Lipinski definition) is 3. The molecule has 5 nitrogen and oxygen atoms in total. The lowest BCUT2D eigenvalue weighted by Gasteiger charge is -2.15. The fourth-order valence-corrected chi connectivity index (χ4v) is 2.66. The van der Waals surface area contributed by atoms with Crippen LogP contribution in [0.1, 0.15) is 28.9 Å². The Balaban J connectivity index is 1.56. The molecule has 3 amide bonds. The number of carbonyl (C=O) groups excluding carboxylic acids is 2. The van der Waals surface area contributed by atoms with Crippen LogP contribution in [0.4, 0.5) is 25.0 Å². The Bertz CT molecular complexity index is 1010. The van der Waals surface area contributed by atoms with Gasteiger partial charge >= 0.3 is 6.03 Å². The topological polar surface area (TPSA) is 70.2 Å². The quantitative estimate of drug-likeness (QED) is 0.563. The Hall–Kier alpha value is -3.74. The number of benzene rings is 3. The number of para-hydroxylation sites is 1. The summed E-state index contributed by atoms with van der Waals surface area (Å²) in [5.41, 5.74) is 2.04. The number of hydrogen-bond acceptors (Lipinski definition) is 2. The summed E-state index contributed by atoms with van der Waals surface area (Å²) < 4.78 is 26.3. The third kappa shape index (κ3) is 5.38. The third-order valence-corrected chi connectivity index (χ3v) is 4.23. The van der Waals surface area contributed by atoms with Gasteiger partial charge in [0.25, 0.3) is 5.91 Å². The highest BCUT2D eigenvalue weighted by Gasteiger charge is 2.12. The zero-order valence-electron chi connectivity index (χ0n) is 15.6. The van der Waals surface area contributed by atoms with Crippen LogP contribution in [0.3, 0.4) is 0 Å². The van der Waals surface area contributed by atoms with Crippen LogP contribution in [-0.2, 0) is 0 Å². The Kier molecular flexibility index (Phi) is 6.19. The molecule has 3 rings (SSSR count). The minimum Gasteiger partial charge on any atom is -0.331 e. The molecule has 0 fully saturated rings. The highest BCUT2D eigenvalue weighted by Crippen LogP contribution is 2.17. The standard InChI is InChI=1S/C22H19F2N3O2/c1-14(16-9-12-19(23)20(24)13-16)25-22(29)27-18-10-7-15(8-11-18)21(28)26-17-5-3-2-4-6-17/h2-14H,1H3,(H,26,28)(H2,25,27,29). The Morgan fingerprint density at radius 2 is 1.45 bits per heavy atom. The smallest absolute Gasteiger partial charge is 0.319 e. The number of amides is 3. The van der Waals surface area contributed by atoms with Gasteiger partial charge in [-0.1, -0.05) is 24.3 Å². The van der Waals surface area contributed by atoms with Gasteiger partial charge in [0.05, 0.1) is 6.04 Å². The second-order valence-electron chi connectivity index (χ2n) is 6.39. The summed E-state index contributed by atoms with van der Waals surface area (Å²) in [6, 6.07) is 17.9. The molecule has 0 aromatic heterocycles. The molecule has 0 saturated heterocycles. The molecule has 0 bridgehead atoms. The molecule has 0 aliphatic rings. The van der Waals surface area contributed by atoms with Crippen LogP contribution < -0.4 is 16.0 Å². The van der Waals surface area contributed by atoms with E-state index in [9.17, 15) is 18.4 Å². The molecule has 0 aliphatic carbocycles. The van der Waals surface area contributed by atoms with Gasteiger partial charge in [0.1, 0.15) is 0 Å². The monoisotopic (exact) mass is 395 g/mol. The lowest BCUT2D eigenvalue weighted by Crippen LogP contribution is -2.31. The molecule has 1 atom stereocenters. The van der Waals surface area contributed by atoms with Gasteiger partial charge in [-0.25, -0.2) is 13.6 Å². The second kappa shape index (κ2) is 8.97. The van der Waals surface area contributed by atoms with Crippen molar-refractivity contribution in [2.24, 2.45) is 0 Å². The van der Waals surface area contributed by atoms with Crippen LogP contribution in [0.15, 0.2) is 72.8 Å². The van der Waals surface area contributed by atoms with Crippen LogP contribution in [0.25, 0.3) is 0 Å². The van der Waals surface area contributed by atoms with E-state index >= 15 is 0 Å². The van der Waals surface area contributed by atoms with E-state index in [0.29, 0.717) is 22.5 Å². The highest BCUT2D eigenvalue weighted by atomic mass is 19.2. The minimum absolute atomic E-state index is 0.265. The van der Waals surface area contributed by atoms with Crippen molar-refractivity contribution in [3.8, 4) is 0 Å². The van der Waals surface area contributed by atoms with E-state index < -0.39 is 23.7 Å². The number of anilines is 2. The summed E-state index contributed by atoms with van der Waals surface area (Å²) in [4.78, 5) is 24.4. The van der Waals surface area contributed by atoms with Crippen LogP contribution >= 0.6 is 0 Å². The molecular weight excluding hydrogens is 376 g/mol. The summed E-state index contributed by atoms with van der Waals surface area (Å²) >= 11 is 0. The molecule has 7 heteroatoms. The fraction of sp³-hybridized carbons (Fsp3) is 0.0909. The Morgan fingerprint density at radius 3 is 2.10 bits per heavy atom. The van der Waals surface area contributed by atoms with Crippen molar-refractivity contribution in [3.63, 3.8) is 0 Å². The molecule has 3 N–H and O–H groups in total. The summed E-state index contributed by atoms with van der Waals surface area (Å²) in [5, 5.41) is 8.05. The van der Waals surface area contributed by atoms with E-state index in [4.69, 9.17) is 0 Å². The van der Waals surface area contributed by atoms with Crippen molar-refractivity contribution in [1.29, 1.82) is 0 Å². The van der Waals surface area contributed by atoms with Gasteiger partial charge in [-0.3, -0.25) is 4.79 Å². The van der Waals surface area contributed by atoms with Crippen LogP contribution in [0.2, 0.25) is 0 Å². The fourth-order valence-electron chi connectivity index (χ4n) is 2.66. The SMILES string of the molecule is CC(NC(=O)Nc1ccc(C(=O)Nc2ccccc2)cc1)c1ccc(F)c(F)c1. The van der Waals surface area contributed by atoms with Crippen molar-refractivity contribution in [2.75, 3.05) is 10.6 Å². The van der Waals surface area contributed by atoms with Gasteiger partial charge in [0.2, 0.25) is 0 Å². The van der Waals surface area contributed by atoms with Crippen molar-refractivity contribution in [1.82, 2.24) is 5.32 Å². The van der Waals surface area contributed by atoms with Crippen molar-refractivity contribution < 1.29 is 18.4 Å². The Morgan fingerprint density at radius 1 is 0.793 bits per heavy atom. The zero-order valence-corrected chi connectivity index (χ0v) is 15.6. The highest BCUT2D eigenvalue weighted by molar-refractivity contribution is 6.04. The molecule has 0 radical (unpaired) electrons. The van der Waals surface area contributed by atoms with Crippen LogP contribution in [0, 0.1) is 11.6 Å². The number of carbonyl (C=O) groups is 2. The van der Waals surface area contributed by atoms with E-state index in [-0.39, 0.29) is 5.91 Å². The number of halogens is 2. The summed E-state index contributed by atoms with van der Waals surface area (Å²) in [7, 11) is 0. The number of rotatable bonds is 5. The molecule has 0 heterocycles. The summed E-state index contributed by atoms with van der Waals surface area (Å²) in [6.45, 7) is 1.66. The molecule has 29 heavy (non-hydrogen) atoms. The van der Waals surface area contributed by atoms with Gasteiger partial charge in [-0.05, 0) is 61.0 Å². The van der Waals surface area contributed by atoms with Gasteiger partial charge in [0.15, 0.2) is 11.6 Å². The summed E-state index contributed by atoms with van der Waals surface area (Å²) in [5.74, 6) is -2.18. The predicted octanol–water partition coefficient (Wildman–Crippen LogP) is 5.10. The van der Waals surface area contributed by atoms with Gasteiger partial charge in [-0.15, -0.1) is 0 Å². The molecule has 1 unspecified atom stereocenters. The molecule has 148 valence electrons. The van der Waals surface area contributed by atoms with Crippen LogP contribution in [-0.4, -0.2) is 11.9 Å². The third-order valence-electron chi connectivity index (χ3n) is 4.23. The van der Waals surface area contributed by atoms with E-state index in [1.54, 1.807) is 43.3 Å². The van der Waals surface area contributed by atoms with Crippen molar-refractivity contribution in [3.05, 3.63) is 95.6 Å². The largest absolute Gasteiger partial charge is 0.331 e. The lowest BCUT2D eigenvalue weighted by atomic mass is 10.1. The van der Waals surface area contributed by atoms with Crippen LogP contribution in [0.5, 0.6) is 0 Å². The van der Waals surface area contributed by atoms with Gasteiger partial charge < -0.3 is 16.0 Å². The van der Waals surface area contributed by atoms with Crippen molar-refractivity contribution in [2.45, 2.75) is 13.0 Å². The predicted molar refractivity (Wildman–Crippen MR) is 108 cm³/mol. The van der Waals surface area contributed by atoms with Gasteiger partial charge in [0, 0.05) is 16.9 Å². The van der Waals surface area contributed by atoms with E-state index in [1.165, 1.54) is 6.07 Å². The maximum atomic E-state index is 13.3. The first kappa shape index (κ1) is 20.0. The first-order valence-electron chi connectivity index (χ1n) is 8.91. The average molecular weight is 395 g/mol. The zero-order chi connectivity index (χ0) is 20.8. The lowest BCUT2D eigenvalue weighted by molar-refractivity contribution is 0.102. The summed E-state index contributed by atoms with van der Waals surface area (Å²) in [6.07, 6.45) is 0. The molecular formula is C22H19F2N3O2. The Labute approximate surface area is 166 Å². The van der Waals surface area contributed by atoms with E-state index in [2.05, 4.69) is 16.0 Å². The van der Waals surface area contributed by atoms with Gasteiger partial charge in [-0.2, -0.15) is 0 Å². The molecule has 3 aromatic rings. The molecule has 3 aromatic carbocycles. The van der Waals surface area contributed by atoms with E-state index in [1.807, 2.05) is 18.2 Å². The maximum Gasteiger partial charge on any atom is 0.319 e. The molecule has 0 spiro atoms. The average Bonchev–Trinajstić information content (AvgIpc) is 2.71. The van der Waals surface area contributed by atoms with E-state index in [0.717, 1.165) is 12.1 Å². The number of nitrogens with one attached hydrogen (secondary N) is 3.